The topological polar surface area (TPSA) is 71.7 Å². The number of aromatic nitrogens is 1. The SMILES string of the molecule is COc1ccnc(N2CCN(C(=O)[C@@H]3CCC[C@@H]3CN)CC2)c1. The highest BCUT2D eigenvalue weighted by Crippen LogP contribution is 2.32. The van der Waals surface area contributed by atoms with Crippen molar-refractivity contribution in [3.63, 3.8) is 0 Å². The third-order valence-electron chi connectivity index (χ3n) is 5.15. The van der Waals surface area contributed by atoms with Gasteiger partial charge in [-0.3, -0.25) is 4.79 Å². The number of amides is 1. The van der Waals surface area contributed by atoms with Crippen molar-refractivity contribution >= 4 is 11.7 Å². The van der Waals surface area contributed by atoms with Crippen LogP contribution < -0.4 is 15.4 Å². The molecule has 0 unspecified atom stereocenters. The van der Waals surface area contributed by atoms with Gasteiger partial charge in [-0.05, 0) is 31.4 Å². The lowest BCUT2D eigenvalue weighted by atomic mass is 9.94. The molecule has 2 atom stereocenters. The van der Waals surface area contributed by atoms with E-state index in [-0.39, 0.29) is 5.92 Å². The van der Waals surface area contributed by atoms with Crippen LogP contribution in [0.15, 0.2) is 18.3 Å². The van der Waals surface area contributed by atoms with Crippen molar-refractivity contribution in [1.29, 1.82) is 0 Å². The maximum Gasteiger partial charge on any atom is 0.226 e. The van der Waals surface area contributed by atoms with Crippen LogP contribution >= 0.6 is 0 Å². The number of nitrogens with zero attached hydrogens (tertiary/aromatic N) is 3. The Balaban J connectivity index is 1.58. The minimum absolute atomic E-state index is 0.140. The molecule has 1 aromatic rings. The predicted molar refractivity (Wildman–Crippen MR) is 89.5 cm³/mol. The van der Waals surface area contributed by atoms with E-state index in [2.05, 4.69) is 9.88 Å². The standard InChI is InChI=1S/C17H26N4O2/c1-23-14-5-6-19-16(11-14)20-7-9-21(10-8-20)17(22)15-4-2-3-13(15)12-18/h5-6,11,13,15H,2-4,7-10,12,18H2,1H3/t13-,15-/m1/s1. The lowest BCUT2D eigenvalue weighted by Gasteiger charge is -2.37. The smallest absolute Gasteiger partial charge is 0.226 e. The van der Waals surface area contributed by atoms with Crippen LogP contribution in [0, 0.1) is 11.8 Å². The summed E-state index contributed by atoms with van der Waals surface area (Å²) in [7, 11) is 1.66. The van der Waals surface area contributed by atoms with Gasteiger partial charge in [0.1, 0.15) is 11.6 Å². The zero-order chi connectivity index (χ0) is 16.2. The number of carbonyl (C=O) groups excluding carboxylic acids is 1. The molecule has 0 spiro atoms. The van der Waals surface area contributed by atoms with Gasteiger partial charge >= 0.3 is 0 Å². The molecule has 1 aromatic heterocycles. The fourth-order valence-corrected chi connectivity index (χ4v) is 3.73. The van der Waals surface area contributed by atoms with E-state index in [0.29, 0.717) is 18.4 Å². The number of rotatable bonds is 4. The number of piperazine rings is 1. The molecule has 6 heteroatoms. The van der Waals surface area contributed by atoms with E-state index in [1.165, 1.54) is 0 Å². The van der Waals surface area contributed by atoms with E-state index in [9.17, 15) is 4.79 Å². The van der Waals surface area contributed by atoms with Crippen molar-refractivity contribution in [2.24, 2.45) is 17.6 Å². The molecule has 2 heterocycles. The number of anilines is 1. The molecule has 23 heavy (non-hydrogen) atoms. The molecule has 1 saturated heterocycles. The molecule has 6 nitrogen and oxygen atoms in total. The molecule has 1 aliphatic carbocycles. The van der Waals surface area contributed by atoms with E-state index in [0.717, 1.165) is 57.0 Å². The molecular formula is C17H26N4O2. The Morgan fingerprint density at radius 3 is 2.83 bits per heavy atom. The molecule has 0 aromatic carbocycles. The van der Waals surface area contributed by atoms with Crippen LogP contribution in [0.5, 0.6) is 5.75 Å². The van der Waals surface area contributed by atoms with Gasteiger partial charge in [-0.25, -0.2) is 4.98 Å². The second-order valence-electron chi connectivity index (χ2n) is 6.40. The summed E-state index contributed by atoms with van der Waals surface area (Å²) in [5, 5.41) is 0. The number of hydrogen-bond donors (Lipinski definition) is 1. The number of nitrogens with two attached hydrogens (primary N) is 1. The van der Waals surface area contributed by atoms with Crippen LogP contribution in [0.1, 0.15) is 19.3 Å². The van der Waals surface area contributed by atoms with Gasteiger partial charge < -0.3 is 20.3 Å². The Kier molecular flexibility index (Phi) is 5.00. The fraction of sp³-hybridized carbons (Fsp3) is 0.647. The molecule has 1 saturated carbocycles. The first-order chi connectivity index (χ1) is 11.2. The summed E-state index contributed by atoms with van der Waals surface area (Å²) in [6.45, 7) is 3.76. The highest BCUT2D eigenvalue weighted by atomic mass is 16.5. The first kappa shape index (κ1) is 16.1. The van der Waals surface area contributed by atoms with Crippen LogP contribution in [-0.4, -0.2) is 55.6 Å². The summed E-state index contributed by atoms with van der Waals surface area (Å²) < 4.78 is 5.25. The summed E-state index contributed by atoms with van der Waals surface area (Å²) in [5.41, 5.74) is 5.82. The number of hydrogen-bond acceptors (Lipinski definition) is 5. The van der Waals surface area contributed by atoms with Crippen molar-refractivity contribution in [3.05, 3.63) is 18.3 Å². The molecule has 2 fully saturated rings. The van der Waals surface area contributed by atoms with E-state index >= 15 is 0 Å². The molecular weight excluding hydrogens is 292 g/mol. The molecule has 0 radical (unpaired) electrons. The Hall–Kier alpha value is -1.82. The van der Waals surface area contributed by atoms with Gasteiger partial charge in [0.15, 0.2) is 0 Å². The lowest BCUT2D eigenvalue weighted by molar-refractivity contribution is -0.136. The van der Waals surface area contributed by atoms with Crippen LogP contribution in [0.2, 0.25) is 0 Å². The maximum atomic E-state index is 12.7. The quantitative estimate of drug-likeness (QED) is 0.900. The van der Waals surface area contributed by atoms with Crippen molar-refractivity contribution < 1.29 is 9.53 Å². The average Bonchev–Trinajstić information content (AvgIpc) is 3.10. The minimum Gasteiger partial charge on any atom is -0.497 e. The average molecular weight is 318 g/mol. The van der Waals surface area contributed by atoms with Gasteiger partial charge in [0.25, 0.3) is 0 Å². The summed E-state index contributed by atoms with van der Waals surface area (Å²) >= 11 is 0. The van der Waals surface area contributed by atoms with E-state index in [1.807, 2.05) is 17.0 Å². The monoisotopic (exact) mass is 318 g/mol. The summed E-state index contributed by atoms with van der Waals surface area (Å²) in [5.74, 6) is 2.54. The third kappa shape index (κ3) is 3.42. The zero-order valence-corrected chi connectivity index (χ0v) is 13.8. The zero-order valence-electron chi connectivity index (χ0n) is 13.8. The third-order valence-corrected chi connectivity index (χ3v) is 5.15. The number of carbonyl (C=O) groups is 1. The largest absolute Gasteiger partial charge is 0.497 e. The van der Waals surface area contributed by atoms with Crippen molar-refractivity contribution in [2.45, 2.75) is 19.3 Å². The number of pyridine rings is 1. The first-order valence-electron chi connectivity index (χ1n) is 8.46. The minimum atomic E-state index is 0.140. The molecule has 0 bridgehead atoms. The normalized spacial score (nSPS) is 24.8. The van der Waals surface area contributed by atoms with E-state index in [1.54, 1.807) is 13.3 Å². The van der Waals surface area contributed by atoms with Crippen LogP contribution in [0.25, 0.3) is 0 Å². The number of methoxy groups -OCH3 is 1. The van der Waals surface area contributed by atoms with Gasteiger partial charge in [0.05, 0.1) is 7.11 Å². The summed E-state index contributed by atoms with van der Waals surface area (Å²) in [6.07, 6.45) is 4.99. The maximum absolute atomic E-state index is 12.7. The van der Waals surface area contributed by atoms with Crippen LogP contribution in [-0.2, 0) is 4.79 Å². The molecule has 126 valence electrons. The Morgan fingerprint density at radius 2 is 2.13 bits per heavy atom. The second kappa shape index (κ2) is 7.17. The molecule has 2 aliphatic rings. The van der Waals surface area contributed by atoms with Gasteiger partial charge in [-0.1, -0.05) is 6.42 Å². The van der Waals surface area contributed by atoms with Crippen molar-refractivity contribution in [1.82, 2.24) is 9.88 Å². The van der Waals surface area contributed by atoms with Gasteiger partial charge in [-0.15, -0.1) is 0 Å². The van der Waals surface area contributed by atoms with Gasteiger partial charge in [-0.2, -0.15) is 0 Å². The number of ether oxygens (including phenoxy) is 1. The predicted octanol–water partition coefficient (Wildman–Crippen LogP) is 1.11. The van der Waals surface area contributed by atoms with Gasteiger partial charge in [0.2, 0.25) is 5.91 Å². The molecule has 1 amide bonds. The van der Waals surface area contributed by atoms with E-state index < -0.39 is 0 Å². The first-order valence-corrected chi connectivity index (χ1v) is 8.46. The van der Waals surface area contributed by atoms with Crippen LogP contribution in [0.3, 0.4) is 0 Å². The van der Waals surface area contributed by atoms with Crippen molar-refractivity contribution in [3.8, 4) is 5.75 Å². The van der Waals surface area contributed by atoms with Crippen LogP contribution in [0.4, 0.5) is 5.82 Å². The molecule has 2 N–H and O–H groups in total. The summed E-state index contributed by atoms with van der Waals surface area (Å²) in [6, 6.07) is 3.79. The Labute approximate surface area is 137 Å². The second-order valence-corrected chi connectivity index (χ2v) is 6.40. The van der Waals surface area contributed by atoms with E-state index in [4.69, 9.17) is 10.5 Å². The van der Waals surface area contributed by atoms with Gasteiger partial charge in [0, 0.05) is 44.4 Å². The fourth-order valence-electron chi connectivity index (χ4n) is 3.73. The summed E-state index contributed by atoms with van der Waals surface area (Å²) in [4.78, 5) is 21.4. The Bertz CT molecular complexity index is 543. The lowest BCUT2D eigenvalue weighted by Crippen LogP contribution is -2.51. The molecule has 1 aliphatic heterocycles. The Morgan fingerprint density at radius 1 is 1.35 bits per heavy atom. The molecule has 3 rings (SSSR count). The van der Waals surface area contributed by atoms with Crippen molar-refractivity contribution in [2.75, 3.05) is 44.7 Å². The highest BCUT2D eigenvalue weighted by molar-refractivity contribution is 5.79. The highest BCUT2D eigenvalue weighted by Gasteiger charge is 2.35.